The maximum atomic E-state index is 12.9. The van der Waals surface area contributed by atoms with Crippen LogP contribution in [0.3, 0.4) is 0 Å². The standard InChI is InChI=1S/C19H23NO3S/c1-15(23-16-7-3-2-4-8-16)19(21)20(13-17-9-5-11-22-17)14-18-10-6-12-24-18/h2-4,6-8,10,12,15,17H,5,9,11,13-14H2,1H3. The number of carbonyl (C=O) groups excluding carboxylic acids is 1. The number of para-hydroxylation sites is 1. The van der Waals surface area contributed by atoms with Crippen LogP contribution >= 0.6 is 11.3 Å². The number of benzene rings is 1. The molecule has 2 unspecified atom stereocenters. The summed E-state index contributed by atoms with van der Waals surface area (Å²) in [7, 11) is 0. The van der Waals surface area contributed by atoms with Gasteiger partial charge in [-0.3, -0.25) is 4.79 Å². The van der Waals surface area contributed by atoms with Crippen molar-refractivity contribution in [3.63, 3.8) is 0 Å². The maximum absolute atomic E-state index is 12.9. The average Bonchev–Trinajstić information content (AvgIpc) is 3.28. The van der Waals surface area contributed by atoms with Crippen LogP contribution in [0.4, 0.5) is 0 Å². The number of hydrogen-bond donors (Lipinski definition) is 0. The summed E-state index contributed by atoms with van der Waals surface area (Å²) >= 11 is 1.67. The Morgan fingerprint density at radius 3 is 2.83 bits per heavy atom. The molecule has 4 nitrogen and oxygen atoms in total. The minimum absolute atomic E-state index is 0.00255. The Morgan fingerprint density at radius 1 is 1.33 bits per heavy atom. The molecule has 24 heavy (non-hydrogen) atoms. The Labute approximate surface area is 147 Å². The minimum atomic E-state index is -0.520. The molecule has 1 aliphatic heterocycles. The molecule has 1 aromatic heterocycles. The minimum Gasteiger partial charge on any atom is -0.481 e. The van der Waals surface area contributed by atoms with Gasteiger partial charge < -0.3 is 14.4 Å². The summed E-state index contributed by atoms with van der Waals surface area (Å²) in [6.07, 6.45) is 1.70. The largest absolute Gasteiger partial charge is 0.481 e. The van der Waals surface area contributed by atoms with Gasteiger partial charge in [-0.1, -0.05) is 24.3 Å². The molecule has 2 atom stereocenters. The molecule has 0 bridgehead atoms. The molecular formula is C19H23NO3S. The number of carbonyl (C=O) groups is 1. The van der Waals surface area contributed by atoms with Crippen LogP contribution in [0.5, 0.6) is 5.75 Å². The molecule has 3 rings (SSSR count). The van der Waals surface area contributed by atoms with E-state index in [4.69, 9.17) is 9.47 Å². The SMILES string of the molecule is CC(Oc1ccccc1)C(=O)N(Cc1cccs1)CC1CCCO1. The zero-order valence-corrected chi connectivity index (χ0v) is 14.7. The zero-order chi connectivity index (χ0) is 16.8. The second-order valence-corrected chi connectivity index (χ2v) is 7.04. The van der Waals surface area contributed by atoms with E-state index in [0.717, 1.165) is 19.4 Å². The third kappa shape index (κ3) is 4.58. The van der Waals surface area contributed by atoms with Gasteiger partial charge in [0.05, 0.1) is 12.6 Å². The van der Waals surface area contributed by atoms with Gasteiger partial charge in [0.1, 0.15) is 5.75 Å². The highest BCUT2D eigenvalue weighted by atomic mass is 32.1. The Hall–Kier alpha value is -1.85. The van der Waals surface area contributed by atoms with Crippen molar-refractivity contribution in [3.05, 3.63) is 52.7 Å². The van der Waals surface area contributed by atoms with Crippen LogP contribution < -0.4 is 4.74 Å². The van der Waals surface area contributed by atoms with E-state index in [-0.39, 0.29) is 12.0 Å². The van der Waals surface area contributed by atoms with E-state index >= 15 is 0 Å². The van der Waals surface area contributed by atoms with Crippen molar-refractivity contribution >= 4 is 17.2 Å². The van der Waals surface area contributed by atoms with E-state index in [0.29, 0.717) is 18.8 Å². The van der Waals surface area contributed by atoms with Gasteiger partial charge in [0.15, 0.2) is 6.10 Å². The van der Waals surface area contributed by atoms with Crippen molar-refractivity contribution in [2.45, 2.75) is 38.5 Å². The lowest BCUT2D eigenvalue weighted by Gasteiger charge is -2.28. The van der Waals surface area contributed by atoms with E-state index in [2.05, 4.69) is 6.07 Å². The predicted molar refractivity (Wildman–Crippen MR) is 95.2 cm³/mol. The summed E-state index contributed by atoms with van der Waals surface area (Å²) < 4.78 is 11.5. The highest BCUT2D eigenvalue weighted by Gasteiger charge is 2.27. The normalized spacial score (nSPS) is 18.3. The van der Waals surface area contributed by atoms with E-state index < -0.39 is 6.10 Å². The first-order chi connectivity index (χ1) is 11.7. The first-order valence-corrected chi connectivity index (χ1v) is 9.25. The van der Waals surface area contributed by atoms with Crippen molar-refractivity contribution in [2.24, 2.45) is 0 Å². The molecule has 128 valence electrons. The monoisotopic (exact) mass is 345 g/mol. The predicted octanol–water partition coefficient (Wildman–Crippen LogP) is 3.72. The lowest BCUT2D eigenvalue weighted by molar-refractivity contribution is -0.140. The van der Waals surface area contributed by atoms with Crippen LogP contribution in [-0.4, -0.2) is 36.2 Å². The fourth-order valence-electron chi connectivity index (χ4n) is 2.87. The van der Waals surface area contributed by atoms with Gasteiger partial charge in [0.2, 0.25) is 0 Å². The van der Waals surface area contributed by atoms with Crippen LogP contribution in [0.25, 0.3) is 0 Å². The van der Waals surface area contributed by atoms with Crippen molar-refractivity contribution in [3.8, 4) is 5.75 Å². The Kier molecular flexibility index (Phi) is 5.88. The van der Waals surface area contributed by atoms with Crippen molar-refractivity contribution in [1.82, 2.24) is 4.90 Å². The second-order valence-electron chi connectivity index (χ2n) is 6.01. The van der Waals surface area contributed by atoms with Crippen LogP contribution in [0.1, 0.15) is 24.6 Å². The summed E-state index contributed by atoms with van der Waals surface area (Å²) in [4.78, 5) is 16.0. The number of hydrogen-bond acceptors (Lipinski definition) is 4. The maximum Gasteiger partial charge on any atom is 0.263 e. The molecular weight excluding hydrogens is 322 g/mol. The topological polar surface area (TPSA) is 38.8 Å². The van der Waals surface area contributed by atoms with Crippen LogP contribution in [-0.2, 0) is 16.1 Å². The quantitative estimate of drug-likeness (QED) is 0.768. The molecule has 0 N–H and O–H groups in total. The lowest BCUT2D eigenvalue weighted by Crippen LogP contribution is -2.43. The summed E-state index contributed by atoms with van der Waals surface area (Å²) in [6, 6.07) is 13.5. The fourth-order valence-corrected chi connectivity index (χ4v) is 3.59. The molecule has 1 amide bonds. The summed E-state index contributed by atoms with van der Waals surface area (Å²) in [5.74, 6) is 0.717. The number of thiophene rings is 1. The van der Waals surface area contributed by atoms with Gasteiger partial charge in [0.25, 0.3) is 5.91 Å². The Bertz CT molecular complexity index is 623. The summed E-state index contributed by atoms with van der Waals surface area (Å²) in [5, 5.41) is 2.04. The van der Waals surface area contributed by atoms with E-state index in [9.17, 15) is 4.79 Å². The van der Waals surface area contributed by atoms with Gasteiger partial charge in [-0.15, -0.1) is 11.3 Å². The van der Waals surface area contributed by atoms with Crippen molar-refractivity contribution in [2.75, 3.05) is 13.2 Å². The molecule has 5 heteroatoms. The third-order valence-corrected chi connectivity index (χ3v) is 4.95. The van der Waals surface area contributed by atoms with Crippen LogP contribution in [0, 0.1) is 0 Å². The molecule has 1 aliphatic rings. The van der Waals surface area contributed by atoms with Crippen molar-refractivity contribution < 1.29 is 14.3 Å². The molecule has 1 fully saturated rings. The molecule has 0 spiro atoms. The number of rotatable bonds is 7. The Morgan fingerprint density at radius 2 is 2.17 bits per heavy atom. The number of ether oxygens (including phenoxy) is 2. The highest BCUT2D eigenvalue weighted by molar-refractivity contribution is 7.09. The third-order valence-electron chi connectivity index (χ3n) is 4.09. The first-order valence-electron chi connectivity index (χ1n) is 8.37. The van der Waals surface area contributed by atoms with Crippen LogP contribution in [0.2, 0.25) is 0 Å². The van der Waals surface area contributed by atoms with Gasteiger partial charge >= 0.3 is 0 Å². The molecule has 0 radical (unpaired) electrons. The smallest absolute Gasteiger partial charge is 0.263 e. The number of amides is 1. The van der Waals surface area contributed by atoms with Gasteiger partial charge in [-0.25, -0.2) is 0 Å². The van der Waals surface area contributed by atoms with Gasteiger partial charge in [-0.2, -0.15) is 0 Å². The van der Waals surface area contributed by atoms with Gasteiger partial charge in [0, 0.05) is 18.0 Å². The Balaban J connectivity index is 1.66. The molecule has 2 heterocycles. The van der Waals surface area contributed by atoms with E-state index in [1.807, 2.05) is 53.6 Å². The second kappa shape index (κ2) is 8.31. The first kappa shape index (κ1) is 17.0. The van der Waals surface area contributed by atoms with Gasteiger partial charge in [-0.05, 0) is 43.3 Å². The van der Waals surface area contributed by atoms with Crippen molar-refractivity contribution in [1.29, 1.82) is 0 Å². The van der Waals surface area contributed by atoms with E-state index in [1.54, 1.807) is 11.3 Å². The highest BCUT2D eigenvalue weighted by Crippen LogP contribution is 2.19. The summed E-state index contributed by atoms with van der Waals surface area (Å²) in [6.45, 7) is 3.84. The van der Waals surface area contributed by atoms with E-state index in [1.165, 1.54) is 4.88 Å². The number of nitrogens with zero attached hydrogens (tertiary/aromatic N) is 1. The zero-order valence-electron chi connectivity index (χ0n) is 13.9. The summed E-state index contributed by atoms with van der Waals surface area (Å²) in [5.41, 5.74) is 0. The fraction of sp³-hybridized carbons (Fsp3) is 0.421. The van der Waals surface area contributed by atoms with Crippen LogP contribution in [0.15, 0.2) is 47.8 Å². The lowest BCUT2D eigenvalue weighted by atomic mass is 10.2. The molecule has 1 aromatic carbocycles. The molecule has 0 aliphatic carbocycles. The molecule has 2 aromatic rings. The average molecular weight is 345 g/mol. The molecule has 1 saturated heterocycles. The molecule has 0 saturated carbocycles.